The van der Waals surface area contributed by atoms with Gasteiger partial charge in [0.2, 0.25) is 0 Å². The highest BCUT2D eigenvalue weighted by molar-refractivity contribution is 5.64. The third-order valence-corrected chi connectivity index (χ3v) is 3.30. The van der Waals surface area contributed by atoms with Crippen molar-refractivity contribution in [2.45, 2.75) is 20.4 Å². The number of aryl methyl sites for hydroxylation is 1. The SMILES string of the molecule is CCN(c1ccc(C)cc1)c1cc(F)cc(CNC)c1. The number of hydrogen-bond acceptors (Lipinski definition) is 2. The number of anilines is 2. The van der Waals surface area contributed by atoms with E-state index in [-0.39, 0.29) is 5.82 Å². The molecule has 0 amide bonds. The molecule has 0 radical (unpaired) electrons. The van der Waals surface area contributed by atoms with Crippen molar-refractivity contribution in [2.24, 2.45) is 0 Å². The maximum absolute atomic E-state index is 13.8. The molecular weight excluding hydrogens is 251 g/mol. The molecule has 0 aliphatic heterocycles. The molecule has 2 nitrogen and oxygen atoms in total. The Morgan fingerprint density at radius 2 is 1.75 bits per heavy atom. The van der Waals surface area contributed by atoms with Gasteiger partial charge in [-0.2, -0.15) is 0 Å². The Labute approximate surface area is 120 Å². The predicted molar refractivity (Wildman–Crippen MR) is 83.0 cm³/mol. The van der Waals surface area contributed by atoms with Crippen molar-refractivity contribution in [3.63, 3.8) is 0 Å². The maximum atomic E-state index is 13.8. The van der Waals surface area contributed by atoms with Crippen LogP contribution >= 0.6 is 0 Å². The van der Waals surface area contributed by atoms with Gasteiger partial charge in [-0.25, -0.2) is 4.39 Å². The normalized spacial score (nSPS) is 10.6. The fraction of sp³-hybridized carbons (Fsp3) is 0.294. The van der Waals surface area contributed by atoms with Crippen molar-refractivity contribution in [1.29, 1.82) is 0 Å². The van der Waals surface area contributed by atoms with Crippen molar-refractivity contribution in [1.82, 2.24) is 5.32 Å². The fourth-order valence-electron chi connectivity index (χ4n) is 2.33. The van der Waals surface area contributed by atoms with Crippen LogP contribution < -0.4 is 10.2 Å². The Morgan fingerprint density at radius 1 is 1.05 bits per heavy atom. The first-order valence-electron chi connectivity index (χ1n) is 6.92. The van der Waals surface area contributed by atoms with Crippen molar-refractivity contribution in [3.8, 4) is 0 Å². The molecule has 20 heavy (non-hydrogen) atoms. The van der Waals surface area contributed by atoms with Crippen LogP contribution in [0.3, 0.4) is 0 Å². The van der Waals surface area contributed by atoms with Crippen molar-refractivity contribution < 1.29 is 4.39 Å². The molecule has 2 aromatic rings. The summed E-state index contributed by atoms with van der Waals surface area (Å²) in [5, 5.41) is 3.06. The van der Waals surface area contributed by atoms with Crippen LogP contribution in [0.25, 0.3) is 0 Å². The van der Waals surface area contributed by atoms with E-state index in [4.69, 9.17) is 0 Å². The summed E-state index contributed by atoms with van der Waals surface area (Å²) in [7, 11) is 1.86. The number of hydrogen-bond donors (Lipinski definition) is 1. The van der Waals surface area contributed by atoms with E-state index in [0.29, 0.717) is 6.54 Å². The minimum Gasteiger partial charge on any atom is -0.342 e. The molecule has 3 heteroatoms. The topological polar surface area (TPSA) is 15.3 Å². The number of rotatable bonds is 5. The van der Waals surface area contributed by atoms with Crippen LogP contribution in [0.4, 0.5) is 15.8 Å². The average Bonchev–Trinajstić information content (AvgIpc) is 2.41. The molecule has 106 valence electrons. The van der Waals surface area contributed by atoms with E-state index in [1.807, 2.05) is 13.1 Å². The first-order chi connectivity index (χ1) is 9.63. The summed E-state index contributed by atoms with van der Waals surface area (Å²) in [5.41, 5.74) is 4.15. The lowest BCUT2D eigenvalue weighted by atomic mass is 10.1. The zero-order chi connectivity index (χ0) is 14.5. The van der Waals surface area contributed by atoms with Gasteiger partial charge in [-0.05, 0) is 56.8 Å². The quantitative estimate of drug-likeness (QED) is 0.884. The first kappa shape index (κ1) is 14.5. The van der Waals surface area contributed by atoms with Crippen LogP contribution in [0, 0.1) is 12.7 Å². The second kappa shape index (κ2) is 6.53. The van der Waals surface area contributed by atoms with E-state index in [1.165, 1.54) is 5.56 Å². The highest BCUT2D eigenvalue weighted by Gasteiger charge is 2.09. The monoisotopic (exact) mass is 272 g/mol. The molecule has 0 bridgehead atoms. The molecule has 0 aromatic heterocycles. The lowest BCUT2D eigenvalue weighted by Gasteiger charge is -2.24. The molecule has 1 N–H and O–H groups in total. The summed E-state index contributed by atoms with van der Waals surface area (Å²) >= 11 is 0. The van der Waals surface area contributed by atoms with Crippen LogP contribution in [-0.4, -0.2) is 13.6 Å². The summed E-state index contributed by atoms with van der Waals surface area (Å²) in [5.74, 6) is -0.196. The number of nitrogens with zero attached hydrogens (tertiary/aromatic N) is 1. The highest BCUT2D eigenvalue weighted by Crippen LogP contribution is 2.27. The van der Waals surface area contributed by atoms with Crippen LogP contribution in [0.15, 0.2) is 42.5 Å². The van der Waals surface area contributed by atoms with Gasteiger partial charge in [0.1, 0.15) is 5.82 Å². The number of halogens is 1. The van der Waals surface area contributed by atoms with Crippen molar-refractivity contribution in [2.75, 3.05) is 18.5 Å². The van der Waals surface area contributed by atoms with Gasteiger partial charge < -0.3 is 10.2 Å². The van der Waals surface area contributed by atoms with Gasteiger partial charge in [0, 0.05) is 24.5 Å². The van der Waals surface area contributed by atoms with Crippen molar-refractivity contribution >= 4 is 11.4 Å². The van der Waals surface area contributed by atoms with E-state index >= 15 is 0 Å². The molecule has 0 fully saturated rings. The van der Waals surface area contributed by atoms with Crippen LogP contribution in [-0.2, 0) is 6.54 Å². The predicted octanol–water partition coefficient (Wildman–Crippen LogP) is 4.01. The Bertz CT molecular complexity index is 564. The highest BCUT2D eigenvalue weighted by atomic mass is 19.1. The van der Waals surface area contributed by atoms with Gasteiger partial charge in [-0.1, -0.05) is 17.7 Å². The van der Waals surface area contributed by atoms with Crippen molar-refractivity contribution in [3.05, 3.63) is 59.4 Å². The molecule has 2 aromatic carbocycles. The Balaban J connectivity index is 2.38. The number of benzene rings is 2. The molecule has 0 heterocycles. The second-order valence-electron chi connectivity index (χ2n) is 4.93. The maximum Gasteiger partial charge on any atom is 0.125 e. The summed E-state index contributed by atoms with van der Waals surface area (Å²) in [4.78, 5) is 2.11. The van der Waals surface area contributed by atoms with Gasteiger partial charge in [0.25, 0.3) is 0 Å². The number of nitrogens with one attached hydrogen (secondary N) is 1. The lowest BCUT2D eigenvalue weighted by molar-refractivity contribution is 0.623. The molecule has 0 spiro atoms. The molecule has 0 atom stereocenters. The smallest absolute Gasteiger partial charge is 0.125 e. The van der Waals surface area contributed by atoms with Crippen LogP contribution in [0.1, 0.15) is 18.1 Å². The summed E-state index contributed by atoms with van der Waals surface area (Å²) in [6, 6.07) is 13.5. The zero-order valence-electron chi connectivity index (χ0n) is 12.3. The third-order valence-electron chi connectivity index (χ3n) is 3.30. The largest absolute Gasteiger partial charge is 0.342 e. The van der Waals surface area contributed by atoms with E-state index in [1.54, 1.807) is 12.1 Å². The summed E-state index contributed by atoms with van der Waals surface area (Å²) in [6.45, 7) is 5.59. The Hall–Kier alpha value is -1.87. The van der Waals surface area contributed by atoms with E-state index in [0.717, 1.165) is 23.5 Å². The minimum absolute atomic E-state index is 0.196. The second-order valence-corrected chi connectivity index (χ2v) is 4.93. The molecule has 0 aliphatic rings. The standard InChI is InChI=1S/C17H21FN2/c1-4-20(16-7-5-13(2)6-8-16)17-10-14(12-19-3)9-15(18)11-17/h5-11,19H,4,12H2,1-3H3. The van der Waals surface area contributed by atoms with Gasteiger partial charge in [-0.3, -0.25) is 0 Å². The third kappa shape index (κ3) is 3.36. The summed E-state index contributed by atoms with van der Waals surface area (Å²) in [6.07, 6.45) is 0. The Kier molecular flexibility index (Phi) is 4.74. The lowest BCUT2D eigenvalue weighted by Crippen LogP contribution is -2.17. The molecule has 0 aliphatic carbocycles. The average molecular weight is 272 g/mol. The van der Waals surface area contributed by atoms with Gasteiger partial charge in [-0.15, -0.1) is 0 Å². The fourth-order valence-corrected chi connectivity index (χ4v) is 2.33. The summed E-state index contributed by atoms with van der Waals surface area (Å²) < 4.78 is 13.8. The Morgan fingerprint density at radius 3 is 2.35 bits per heavy atom. The van der Waals surface area contributed by atoms with Gasteiger partial charge in [0.15, 0.2) is 0 Å². The van der Waals surface area contributed by atoms with Gasteiger partial charge in [0.05, 0.1) is 0 Å². The molecule has 2 rings (SSSR count). The molecule has 0 saturated heterocycles. The van der Waals surface area contributed by atoms with E-state index in [2.05, 4.69) is 48.3 Å². The van der Waals surface area contributed by atoms with E-state index < -0.39 is 0 Å². The van der Waals surface area contributed by atoms with E-state index in [9.17, 15) is 4.39 Å². The molecular formula is C17H21FN2. The first-order valence-corrected chi connectivity index (χ1v) is 6.92. The molecule has 0 saturated carbocycles. The van der Waals surface area contributed by atoms with Crippen LogP contribution in [0.5, 0.6) is 0 Å². The molecule has 0 unspecified atom stereocenters. The minimum atomic E-state index is -0.196. The van der Waals surface area contributed by atoms with Crippen LogP contribution in [0.2, 0.25) is 0 Å². The van der Waals surface area contributed by atoms with Gasteiger partial charge >= 0.3 is 0 Å². The zero-order valence-corrected chi connectivity index (χ0v) is 12.3.